The van der Waals surface area contributed by atoms with Crippen LogP contribution in [0.5, 0.6) is 0 Å². The number of allylic oxidation sites excluding steroid dienone is 1. The number of benzene rings is 1. The van der Waals surface area contributed by atoms with Crippen molar-refractivity contribution in [3.8, 4) is 0 Å². The summed E-state index contributed by atoms with van der Waals surface area (Å²) in [4.78, 5) is 11.7. The molecule has 0 fully saturated rings. The Kier molecular flexibility index (Phi) is 4.92. The van der Waals surface area contributed by atoms with Gasteiger partial charge in [0.05, 0.1) is 12.2 Å². The van der Waals surface area contributed by atoms with Crippen LogP contribution in [0.4, 0.5) is 0 Å². The Morgan fingerprint density at radius 1 is 1.33 bits per heavy atom. The minimum absolute atomic E-state index is 0. The highest BCUT2D eigenvalue weighted by molar-refractivity contribution is 5.90. The summed E-state index contributed by atoms with van der Waals surface area (Å²) in [5.41, 5.74) is 8.48. The van der Waals surface area contributed by atoms with E-state index in [1.54, 1.807) is 6.92 Å². The molecule has 0 spiro atoms. The zero-order valence-corrected chi connectivity index (χ0v) is 10.5. The number of hydrogen-bond donors (Lipinski definition) is 1. The number of ether oxygens (including phenoxy) is 1. The van der Waals surface area contributed by atoms with Gasteiger partial charge in [0.25, 0.3) is 0 Å². The molecule has 0 aromatic heterocycles. The molecule has 1 aromatic rings. The van der Waals surface area contributed by atoms with Crippen LogP contribution in [0.2, 0.25) is 0 Å². The Balaban J connectivity index is 0.00000162. The summed E-state index contributed by atoms with van der Waals surface area (Å²) in [6.45, 7) is 2.20. The molecule has 0 amide bonds. The standard InChI is InChI=1S/C14H17NO2.H2O/c1-2-17-14(16)12-8-11(9-13(12)15)10-6-4-3-5-7-10;/h3-7,11H,2,8-9,15H2,1H3;1H2. The van der Waals surface area contributed by atoms with Crippen LogP contribution in [0.3, 0.4) is 0 Å². The van der Waals surface area contributed by atoms with Gasteiger partial charge in [-0.2, -0.15) is 0 Å². The Labute approximate surface area is 107 Å². The summed E-state index contributed by atoms with van der Waals surface area (Å²) < 4.78 is 5.00. The molecule has 0 radical (unpaired) electrons. The van der Waals surface area contributed by atoms with Crippen molar-refractivity contribution >= 4 is 5.97 Å². The summed E-state index contributed by atoms with van der Waals surface area (Å²) in [5.74, 6) is 0.0547. The van der Waals surface area contributed by atoms with Gasteiger partial charge in [-0.3, -0.25) is 0 Å². The first kappa shape index (κ1) is 14.3. The predicted octanol–water partition coefficient (Wildman–Crippen LogP) is 1.52. The zero-order chi connectivity index (χ0) is 12.3. The molecule has 0 saturated heterocycles. The van der Waals surface area contributed by atoms with E-state index in [9.17, 15) is 4.79 Å². The van der Waals surface area contributed by atoms with Crippen molar-refractivity contribution in [2.75, 3.05) is 6.61 Å². The van der Waals surface area contributed by atoms with Gasteiger partial charge in [-0.25, -0.2) is 4.79 Å². The number of rotatable bonds is 3. The van der Waals surface area contributed by atoms with Gasteiger partial charge in [0.15, 0.2) is 0 Å². The highest BCUT2D eigenvalue weighted by atomic mass is 16.5. The third-order valence-electron chi connectivity index (χ3n) is 3.10. The smallest absolute Gasteiger partial charge is 0.335 e. The molecule has 2 rings (SSSR count). The summed E-state index contributed by atoms with van der Waals surface area (Å²) in [7, 11) is 0. The molecule has 1 aliphatic carbocycles. The minimum atomic E-state index is -0.261. The van der Waals surface area contributed by atoms with Gasteiger partial charge in [0, 0.05) is 5.70 Å². The molecule has 1 unspecified atom stereocenters. The van der Waals surface area contributed by atoms with Crippen LogP contribution in [0.15, 0.2) is 41.6 Å². The third-order valence-corrected chi connectivity index (χ3v) is 3.10. The molecule has 4 heteroatoms. The lowest BCUT2D eigenvalue weighted by Gasteiger charge is -2.09. The number of nitrogens with two attached hydrogens (primary N) is 1. The highest BCUT2D eigenvalue weighted by Crippen LogP contribution is 2.36. The number of hydrogen-bond acceptors (Lipinski definition) is 3. The predicted molar refractivity (Wildman–Crippen MR) is 69.9 cm³/mol. The Morgan fingerprint density at radius 3 is 2.61 bits per heavy atom. The Morgan fingerprint density at radius 2 is 2.00 bits per heavy atom. The Hall–Kier alpha value is -1.81. The van der Waals surface area contributed by atoms with Gasteiger partial charge >= 0.3 is 5.97 Å². The lowest BCUT2D eigenvalue weighted by atomic mass is 9.96. The molecule has 1 atom stereocenters. The van der Waals surface area contributed by atoms with Crippen molar-refractivity contribution in [2.45, 2.75) is 25.7 Å². The molecule has 0 bridgehead atoms. The lowest BCUT2D eigenvalue weighted by Crippen LogP contribution is -2.10. The second kappa shape index (κ2) is 6.21. The SMILES string of the molecule is CCOC(=O)C1=C(N)CC(c2ccccc2)C1.O. The van der Waals surface area contributed by atoms with Crippen LogP contribution in [0.25, 0.3) is 0 Å². The van der Waals surface area contributed by atoms with E-state index in [0.717, 1.165) is 6.42 Å². The average Bonchev–Trinajstić information content (AvgIpc) is 2.73. The zero-order valence-electron chi connectivity index (χ0n) is 10.5. The first-order valence-electron chi connectivity index (χ1n) is 5.92. The minimum Gasteiger partial charge on any atom is -0.463 e. The highest BCUT2D eigenvalue weighted by Gasteiger charge is 2.28. The Bertz CT molecular complexity index is 440. The van der Waals surface area contributed by atoms with E-state index < -0.39 is 0 Å². The van der Waals surface area contributed by atoms with Crippen LogP contribution in [0.1, 0.15) is 31.2 Å². The second-order valence-electron chi connectivity index (χ2n) is 4.24. The molecule has 1 aliphatic rings. The van der Waals surface area contributed by atoms with Crippen LogP contribution < -0.4 is 5.73 Å². The van der Waals surface area contributed by atoms with Gasteiger partial charge in [-0.05, 0) is 31.2 Å². The van der Waals surface area contributed by atoms with E-state index in [1.165, 1.54) is 5.56 Å². The van der Waals surface area contributed by atoms with Crippen LogP contribution in [-0.2, 0) is 9.53 Å². The molecule has 0 heterocycles. The average molecular weight is 249 g/mol. The summed E-state index contributed by atoms with van der Waals surface area (Å²) in [5, 5.41) is 0. The van der Waals surface area contributed by atoms with E-state index in [1.807, 2.05) is 18.2 Å². The molecule has 4 nitrogen and oxygen atoms in total. The molecule has 98 valence electrons. The van der Waals surface area contributed by atoms with Gasteiger partial charge in [0.2, 0.25) is 0 Å². The molecule has 0 saturated carbocycles. The first-order valence-corrected chi connectivity index (χ1v) is 5.92. The van der Waals surface area contributed by atoms with Gasteiger partial charge < -0.3 is 15.9 Å². The van der Waals surface area contributed by atoms with E-state index in [4.69, 9.17) is 10.5 Å². The van der Waals surface area contributed by atoms with Crippen molar-refractivity contribution < 1.29 is 15.0 Å². The monoisotopic (exact) mass is 249 g/mol. The molecule has 0 aliphatic heterocycles. The summed E-state index contributed by atoms with van der Waals surface area (Å²) in [6, 6.07) is 10.2. The van der Waals surface area contributed by atoms with Gasteiger partial charge in [-0.15, -0.1) is 0 Å². The van der Waals surface area contributed by atoms with Gasteiger partial charge in [-0.1, -0.05) is 30.3 Å². The first-order chi connectivity index (χ1) is 8.22. The maximum Gasteiger partial charge on any atom is 0.335 e. The quantitative estimate of drug-likeness (QED) is 0.824. The lowest BCUT2D eigenvalue weighted by molar-refractivity contribution is -0.138. The van der Waals surface area contributed by atoms with Crippen LogP contribution in [0, 0.1) is 0 Å². The van der Waals surface area contributed by atoms with Crippen molar-refractivity contribution in [1.82, 2.24) is 0 Å². The van der Waals surface area contributed by atoms with E-state index in [-0.39, 0.29) is 11.4 Å². The van der Waals surface area contributed by atoms with Crippen molar-refractivity contribution in [2.24, 2.45) is 5.73 Å². The molecular weight excluding hydrogens is 230 g/mol. The van der Waals surface area contributed by atoms with Gasteiger partial charge in [0.1, 0.15) is 0 Å². The number of esters is 1. The fraction of sp³-hybridized carbons (Fsp3) is 0.357. The van der Waals surface area contributed by atoms with Crippen molar-refractivity contribution in [1.29, 1.82) is 0 Å². The topological polar surface area (TPSA) is 83.8 Å². The maximum absolute atomic E-state index is 11.7. The van der Waals surface area contributed by atoms with E-state index >= 15 is 0 Å². The number of carbonyl (C=O) groups is 1. The summed E-state index contributed by atoms with van der Waals surface area (Å²) >= 11 is 0. The fourth-order valence-electron chi connectivity index (χ4n) is 2.23. The van der Waals surface area contributed by atoms with Crippen LogP contribution in [-0.4, -0.2) is 18.1 Å². The number of carbonyl (C=O) groups excluding carboxylic acids is 1. The molecule has 18 heavy (non-hydrogen) atoms. The molecule has 4 N–H and O–H groups in total. The van der Waals surface area contributed by atoms with Crippen LogP contribution >= 0.6 is 0 Å². The fourth-order valence-corrected chi connectivity index (χ4v) is 2.23. The van der Waals surface area contributed by atoms with E-state index in [0.29, 0.717) is 30.2 Å². The van der Waals surface area contributed by atoms with E-state index in [2.05, 4.69) is 12.1 Å². The largest absolute Gasteiger partial charge is 0.463 e. The summed E-state index contributed by atoms with van der Waals surface area (Å²) in [6.07, 6.45) is 1.44. The maximum atomic E-state index is 11.7. The molecule has 1 aromatic carbocycles. The van der Waals surface area contributed by atoms with Crippen molar-refractivity contribution in [3.63, 3.8) is 0 Å². The molecular formula is C14H19NO3. The second-order valence-corrected chi connectivity index (χ2v) is 4.24. The third kappa shape index (κ3) is 2.90. The normalized spacial score (nSPS) is 18.4. The van der Waals surface area contributed by atoms with Crippen molar-refractivity contribution in [3.05, 3.63) is 47.2 Å².